The fraction of sp³-hybridized carbons (Fsp3) is 0.500. The number of halogens is 1. The highest BCUT2D eigenvalue weighted by molar-refractivity contribution is 6.00. The number of ether oxygens (including phenoxy) is 1. The minimum Gasteiger partial charge on any atom is -0.508 e. The Morgan fingerprint density at radius 3 is 2.72 bits per heavy atom. The number of anilines is 2. The average molecular weight is 625 g/mol. The molecule has 9 nitrogen and oxygen atoms in total. The Balaban J connectivity index is 1.17. The minimum atomic E-state index is -0.459. The van der Waals surface area contributed by atoms with Crippen LogP contribution in [-0.2, 0) is 13.0 Å². The molecule has 0 saturated carbocycles. The van der Waals surface area contributed by atoms with E-state index in [9.17, 15) is 14.6 Å². The van der Waals surface area contributed by atoms with Crippen molar-refractivity contribution in [2.24, 2.45) is 0 Å². The molecular formula is C36H41FN6O3. The number of benzene rings is 2. The van der Waals surface area contributed by atoms with Gasteiger partial charge in [-0.25, -0.2) is 4.39 Å². The van der Waals surface area contributed by atoms with Gasteiger partial charge < -0.3 is 24.7 Å². The molecule has 0 aliphatic carbocycles. The average Bonchev–Trinajstić information content (AvgIpc) is 3.68. The van der Waals surface area contributed by atoms with Crippen molar-refractivity contribution in [3.8, 4) is 24.1 Å². The summed E-state index contributed by atoms with van der Waals surface area (Å²) < 4.78 is 21.4. The first-order chi connectivity index (χ1) is 22.4. The van der Waals surface area contributed by atoms with E-state index in [1.807, 2.05) is 6.08 Å². The van der Waals surface area contributed by atoms with Gasteiger partial charge >= 0.3 is 6.01 Å². The summed E-state index contributed by atoms with van der Waals surface area (Å²) in [4.78, 5) is 19.5. The Hall–Kier alpha value is -3.91. The number of nitrogens with zero attached hydrogens (tertiary/aromatic N) is 6. The van der Waals surface area contributed by atoms with Crippen LogP contribution >= 0.6 is 0 Å². The van der Waals surface area contributed by atoms with Crippen LogP contribution in [-0.4, -0.2) is 99.6 Å². The summed E-state index contributed by atoms with van der Waals surface area (Å²) in [6, 6.07) is 6.88. The van der Waals surface area contributed by atoms with E-state index < -0.39 is 11.9 Å². The van der Waals surface area contributed by atoms with Crippen LogP contribution in [0.15, 0.2) is 36.9 Å². The van der Waals surface area contributed by atoms with Crippen molar-refractivity contribution in [1.29, 1.82) is 0 Å². The predicted molar refractivity (Wildman–Crippen MR) is 176 cm³/mol. The summed E-state index contributed by atoms with van der Waals surface area (Å²) in [6.07, 6.45) is 13.3. The number of aliphatic hydroxyl groups excluding tert-OH is 1. The first-order valence-corrected chi connectivity index (χ1v) is 16.6. The number of aromatic hydroxyl groups is 1. The molecule has 4 saturated heterocycles. The van der Waals surface area contributed by atoms with E-state index in [1.165, 1.54) is 18.9 Å². The zero-order valence-corrected chi connectivity index (χ0v) is 26.2. The largest absolute Gasteiger partial charge is 0.508 e. The Kier molecular flexibility index (Phi) is 7.31. The number of hydrogen-bond acceptors (Lipinski definition) is 9. The van der Waals surface area contributed by atoms with Gasteiger partial charge in [-0.2, -0.15) is 9.97 Å². The number of terminal acetylenes is 1. The molecule has 2 N–H and O–H groups in total. The fourth-order valence-corrected chi connectivity index (χ4v) is 9.00. The second kappa shape index (κ2) is 11.4. The Bertz CT molecular complexity index is 1730. The van der Waals surface area contributed by atoms with Crippen molar-refractivity contribution < 1.29 is 19.3 Å². The first kappa shape index (κ1) is 29.5. The number of phenols is 1. The number of hydrogen-bond donors (Lipinski definition) is 2. The van der Waals surface area contributed by atoms with Crippen molar-refractivity contribution in [3.63, 3.8) is 0 Å². The minimum absolute atomic E-state index is 0.00647. The van der Waals surface area contributed by atoms with Crippen molar-refractivity contribution >= 4 is 22.3 Å². The molecule has 1 unspecified atom stereocenters. The third-order valence-electron chi connectivity index (χ3n) is 11.2. The molecule has 240 valence electrons. The molecule has 3 aromatic rings. The summed E-state index contributed by atoms with van der Waals surface area (Å²) in [5.41, 5.74) is 2.86. The van der Waals surface area contributed by atoms with Gasteiger partial charge in [-0.3, -0.25) is 9.80 Å². The fourth-order valence-electron chi connectivity index (χ4n) is 9.00. The lowest BCUT2D eigenvalue weighted by Gasteiger charge is -2.42. The quantitative estimate of drug-likeness (QED) is 0.301. The second-order valence-corrected chi connectivity index (χ2v) is 13.7. The van der Waals surface area contributed by atoms with Crippen LogP contribution in [0.5, 0.6) is 11.8 Å². The van der Waals surface area contributed by atoms with E-state index in [4.69, 9.17) is 21.1 Å². The topological polar surface area (TPSA) is 88.4 Å². The summed E-state index contributed by atoms with van der Waals surface area (Å²) >= 11 is 0. The van der Waals surface area contributed by atoms with Crippen LogP contribution in [0.4, 0.5) is 15.9 Å². The van der Waals surface area contributed by atoms with Gasteiger partial charge in [0, 0.05) is 54.9 Å². The number of rotatable bonds is 7. The van der Waals surface area contributed by atoms with E-state index in [-0.39, 0.29) is 28.9 Å². The zero-order valence-electron chi connectivity index (χ0n) is 26.2. The molecule has 8 rings (SSSR count). The van der Waals surface area contributed by atoms with Gasteiger partial charge in [0.05, 0.1) is 35.5 Å². The van der Waals surface area contributed by atoms with E-state index in [1.54, 1.807) is 18.2 Å². The van der Waals surface area contributed by atoms with Gasteiger partial charge in [0.15, 0.2) is 0 Å². The summed E-state index contributed by atoms with van der Waals surface area (Å²) in [5.74, 6) is 3.06. The number of fused-ring (bicyclic) bond motifs is 5. The number of aromatic nitrogens is 2. The number of phenolic OH excluding ortho intramolecular Hbond substituents is 1. The van der Waals surface area contributed by atoms with Gasteiger partial charge in [-0.1, -0.05) is 18.1 Å². The van der Waals surface area contributed by atoms with Crippen LogP contribution in [0, 0.1) is 18.2 Å². The van der Waals surface area contributed by atoms with E-state index in [0.717, 1.165) is 62.5 Å². The Morgan fingerprint density at radius 1 is 1.13 bits per heavy atom. The van der Waals surface area contributed by atoms with Crippen molar-refractivity contribution in [1.82, 2.24) is 19.8 Å². The lowest BCUT2D eigenvalue weighted by Crippen LogP contribution is -2.55. The maximum atomic E-state index is 14.9. The zero-order chi connectivity index (χ0) is 31.6. The lowest BCUT2D eigenvalue weighted by molar-refractivity contribution is 0.106. The smallest absolute Gasteiger partial charge is 0.318 e. The monoisotopic (exact) mass is 624 g/mol. The van der Waals surface area contributed by atoms with Crippen molar-refractivity contribution in [2.45, 2.75) is 68.8 Å². The summed E-state index contributed by atoms with van der Waals surface area (Å²) in [6.45, 7) is 9.97. The molecule has 1 aromatic heterocycles. The molecule has 0 radical (unpaired) electrons. The van der Waals surface area contributed by atoms with Crippen LogP contribution in [0.1, 0.15) is 48.9 Å². The van der Waals surface area contributed by atoms with Gasteiger partial charge in [0.25, 0.3) is 0 Å². The summed E-state index contributed by atoms with van der Waals surface area (Å²) in [5, 5.41) is 22.9. The molecule has 5 aliphatic rings. The second-order valence-electron chi connectivity index (χ2n) is 13.7. The maximum absolute atomic E-state index is 14.9. The third kappa shape index (κ3) is 4.79. The molecule has 6 heterocycles. The molecule has 2 aromatic carbocycles. The molecule has 46 heavy (non-hydrogen) atoms. The Labute approximate surface area is 269 Å². The van der Waals surface area contributed by atoms with Gasteiger partial charge in [-0.05, 0) is 69.1 Å². The molecule has 2 bridgehead atoms. The first-order valence-electron chi connectivity index (χ1n) is 16.6. The van der Waals surface area contributed by atoms with Crippen LogP contribution in [0.25, 0.3) is 10.8 Å². The van der Waals surface area contributed by atoms with E-state index in [0.29, 0.717) is 55.1 Å². The van der Waals surface area contributed by atoms with Crippen molar-refractivity contribution in [3.05, 3.63) is 59.6 Å². The molecule has 3 atom stereocenters. The molecule has 5 aliphatic heterocycles. The number of aliphatic hydroxyl groups is 1. The van der Waals surface area contributed by atoms with Gasteiger partial charge in [-0.15, -0.1) is 13.0 Å². The van der Waals surface area contributed by atoms with Crippen LogP contribution < -0.4 is 14.5 Å². The predicted octanol–water partition coefficient (Wildman–Crippen LogP) is 3.84. The molecular weight excluding hydrogens is 583 g/mol. The normalized spacial score (nSPS) is 25.5. The van der Waals surface area contributed by atoms with Crippen LogP contribution in [0.2, 0.25) is 0 Å². The van der Waals surface area contributed by atoms with E-state index in [2.05, 4.69) is 32.1 Å². The summed E-state index contributed by atoms with van der Waals surface area (Å²) in [7, 11) is 0. The SMILES string of the molecule is C#Cc1c(F)ccc2cc(O)cc(N3CCc4c(nc(OCC56CCCN5CCC6)nc4N4C[C@H]5CC(O)[C@@H](C4)N5CC=C)C3)c12. The third-order valence-corrected chi connectivity index (χ3v) is 11.2. The lowest BCUT2D eigenvalue weighted by atomic mass is 9.95. The van der Waals surface area contributed by atoms with Gasteiger partial charge in [0.2, 0.25) is 0 Å². The van der Waals surface area contributed by atoms with Crippen molar-refractivity contribution in [2.75, 3.05) is 55.7 Å². The highest BCUT2D eigenvalue weighted by Crippen LogP contribution is 2.42. The Morgan fingerprint density at radius 2 is 1.96 bits per heavy atom. The van der Waals surface area contributed by atoms with Gasteiger partial charge in [0.1, 0.15) is 24.0 Å². The van der Waals surface area contributed by atoms with Crippen LogP contribution in [0.3, 0.4) is 0 Å². The molecule has 10 heteroatoms. The molecule has 4 fully saturated rings. The molecule has 0 spiro atoms. The maximum Gasteiger partial charge on any atom is 0.318 e. The standard InChI is InChI=1S/C36H41FN6O3/c1-3-12-43-24-17-32(45)31(43)21-41(19-24)34-27-9-15-40(30-18-25(44)16-23-7-8-28(37)26(4-2)33(23)30)20-29(27)38-35(39-34)46-22-36-10-5-13-42(36)14-6-11-36/h2-3,7-8,16,18,24,31-32,44-45H,1,5-6,9-15,17,19-22H2/t24-,31-,32?/m1/s1. The number of piperazine rings is 1. The van der Waals surface area contributed by atoms with E-state index >= 15 is 0 Å². The molecule has 0 amide bonds. The highest BCUT2D eigenvalue weighted by atomic mass is 19.1. The highest BCUT2D eigenvalue weighted by Gasteiger charge is 2.47.